The minimum absolute atomic E-state index is 0.267. The molecule has 7 nitrogen and oxygen atoms in total. The zero-order chi connectivity index (χ0) is 20.3. The van der Waals surface area contributed by atoms with Gasteiger partial charge in [0.05, 0.1) is 13.7 Å². The molecule has 1 aromatic heterocycles. The normalized spacial score (nSPS) is 10.2. The first-order valence-corrected chi connectivity index (χ1v) is 9.41. The first-order chi connectivity index (χ1) is 14.2. The van der Waals surface area contributed by atoms with Crippen LogP contribution < -0.4 is 20.1 Å². The van der Waals surface area contributed by atoms with Gasteiger partial charge >= 0.3 is 0 Å². The number of nitrogens with zero attached hydrogens (tertiary/aromatic N) is 2. The van der Waals surface area contributed by atoms with E-state index < -0.39 is 0 Å². The lowest BCUT2D eigenvalue weighted by Gasteiger charge is -2.08. The number of benzene rings is 2. The topological polar surface area (TPSA) is 85.4 Å². The fourth-order valence-corrected chi connectivity index (χ4v) is 2.62. The van der Waals surface area contributed by atoms with Crippen molar-refractivity contribution in [1.29, 1.82) is 0 Å². The summed E-state index contributed by atoms with van der Waals surface area (Å²) in [4.78, 5) is 12.1. The van der Waals surface area contributed by atoms with Gasteiger partial charge in [-0.1, -0.05) is 30.3 Å². The highest BCUT2D eigenvalue weighted by Crippen LogP contribution is 2.16. The molecule has 1 heterocycles. The fourth-order valence-electron chi connectivity index (χ4n) is 2.62. The smallest absolute Gasteiger partial charge is 0.271 e. The maximum absolute atomic E-state index is 12.1. The SMILES string of the molecule is COc1ccc(OCCNC(=O)c2ccc(NCCc3ccccc3)nn2)cc1. The maximum atomic E-state index is 12.1. The molecular weight excluding hydrogens is 368 g/mol. The molecule has 1 amide bonds. The second-order valence-electron chi connectivity index (χ2n) is 6.25. The summed E-state index contributed by atoms with van der Waals surface area (Å²) in [5.74, 6) is 1.83. The van der Waals surface area contributed by atoms with Crippen molar-refractivity contribution >= 4 is 11.7 Å². The van der Waals surface area contributed by atoms with E-state index in [1.807, 2.05) is 42.5 Å². The van der Waals surface area contributed by atoms with Crippen LogP contribution in [0.5, 0.6) is 11.5 Å². The molecule has 0 spiro atoms. The number of ether oxygens (including phenoxy) is 2. The van der Waals surface area contributed by atoms with Crippen LogP contribution in [-0.2, 0) is 6.42 Å². The Bertz CT molecular complexity index is 884. The summed E-state index contributed by atoms with van der Waals surface area (Å²) in [5.41, 5.74) is 1.52. The number of aromatic nitrogens is 2. The summed E-state index contributed by atoms with van der Waals surface area (Å²) in [7, 11) is 1.61. The minimum Gasteiger partial charge on any atom is -0.497 e. The minimum atomic E-state index is -0.285. The molecule has 2 aromatic carbocycles. The number of amides is 1. The molecule has 0 saturated carbocycles. The van der Waals surface area contributed by atoms with Crippen LogP contribution in [0.1, 0.15) is 16.1 Å². The van der Waals surface area contributed by atoms with E-state index >= 15 is 0 Å². The Hall–Kier alpha value is -3.61. The predicted octanol–water partition coefficient (Wildman–Crippen LogP) is 2.95. The van der Waals surface area contributed by atoms with Gasteiger partial charge in [-0.2, -0.15) is 0 Å². The molecule has 29 heavy (non-hydrogen) atoms. The molecular formula is C22H24N4O3. The van der Waals surface area contributed by atoms with Crippen molar-refractivity contribution in [3.8, 4) is 11.5 Å². The fraction of sp³-hybridized carbons (Fsp3) is 0.227. The molecule has 7 heteroatoms. The molecule has 0 radical (unpaired) electrons. The van der Waals surface area contributed by atoms with Gasteiger partial charge in [-0.05, 0) is 48.4 Å². The first-order valence-electron chi connectivity index (χ1n) is 9.41. The molecule has 0 saturated heterocycles. The highest BCUT2D eigenvalue weighted by Gasteiger charge is 2.07. The first kappa shape index (κ1) is 20.1. The average Bonchev–Trinajstić information content (AvgIpc) is 2.78. The van der Waals surface area contributed by atoms with Crippen LogP contribution in [0.2, 0.25) is 0 Å². The maximum Gasteiger partial charge on any atom is 0.271 e. The largest absolute Gasteiger partial charge is 0.497 e. The molecule has 150 valence electrons. The average molecular weight is 392 g/mol. The number of methoxy groups -OCH3 is 1. The Morgan fingerprint density at radius 1 is 0.897 bits per heavy atom. The molecule has 3 aromatic rings. The third kappa shape index (κ3) is 6.49. The van der Waals surface area contributed by atoms with Crippen LogP contribution in [0.4, 0.5) is 5.82 Å². The van der Waals surface area contributed by atoms with Crippen molar-refractivity contribution in [2.75, 3.05) is 32.1 Å². The molecule has 3 rings (SSSR count). The highest BCUT2D eigenvalue weighted by molar-refractivity contribution is 5.92. The van der Waals surface area contributed by atoms with Crippen LogP contribution >= 0.6 is 0 Å². The van der Waals surface area contributed by atoms with E-state index in [1.165, 1.54) is 5.56 Å². The Labute approximate surface area is 170 Å². The van der Waals surface area contributed by atoms with Crippen molar-refractivity contribution in [3.63, 3.8) is 0 Å². The van der Waals surface area contributed by atoms with E-state index in [0.717, 1.165) is 18.7 Å². The van der Waals surface area contributed by atoms with Gasteiger partial charge in [0.2, 0.25) is 0 Å². The van der Waals surface area contributed by atoms with E-state index in [9.17, 15) is 4.79 Å². The van der Waals surface area contributed by atoms with Crippen molar-refractivity contribution in [2.24, 2.45) is 0 Å². The number of nitrogens with one attached hydrogen (secondary N) is 2. The molecule has 2 N–H and O–H groups in total. The third-order valence-electron chi connectivity index (χ3n) is 4.18. The second-order valence-corrected chi connectivity index (χ2v) is 6.25. The number of rotatable bonds is 10. The predicted molar refractivity (Wildman–Crippen MR) is 111 cm³/mol. The lowest BCUT2D eigenvalue weighted by molar-refractivity contribution is 0.0941. The van der Waals surface area contributed by atoms with E-state index in [0.29, 0.717) is 24.7 Å². The summed E-state index contributed by atoms with van der Waals surface area (Å²) in [5, 5.41) is 14.0. The molecule has 0 atom stereocenters. The van der Waals surface area contributed by atoms with Crippen molar-refractivity contribution in [3.05, 3.63) is 78.0 Å². The van der Waals surface area contributed by atoms with Gasteiger partial charge in [-0.3, -0.25) is 4.79 Å². The van der Waals surface area contributed by atoms with Gasteiger partial charge < -0.3 is 20.1 Å². The third-order valence-corrected chi connectivity index (χ3v) is 4.18. The monoisotopic (exact) mass is 392 g/mol. The molecule has 0 bridgehead atoms. The number of carbonyl (C=O) groups excluding carboxylic acids is 1. The lowest BCUT2D eigenvalue weighted by atomic mass is 10.1. The van der Waals surface area contributed by atoms with Crippen LogP contribution in [-0.4, -0.2) is 42.9 Å². The summed E-state index contributed by atoms with van der Waals surface area (Å²) >= 11 is 0. The molecule has 0 aliphatic carbocycles. The van der Waals surface area contributed by atoms with E-state index in [2.05, 4.69) is 33.0 Å². The Balaban J connectivity index is 1.36. The van der Waals surface area contributed by atoms with Crippen molar-refractivity contribution in [1.82, 2.24) is 15.5 Å². The summed E-state index contributed by atoms with van der Waals surface area (Å²) in [6, 6.07) is 20.9. The van der Waals surface area contributed by atoms with E-state index in [4.69, 9.17) is 9.47 Å². The zero-order valence-corrected chi connectivity index (χ0v) is 16.3. The van der Waals surface area contributed by atoms with Gasteiger partial charge in [0.15, 0.2) is 5.69 Å². The Morgan fingerprint density at radius 2 is 1.66 bits per heavy atom. The van der Waals surface area contributed by atoms with E-state index in [-0.39, 0.29) is 11.6 Å². The molecule has 0 fully saturated rings. The number of hydrogen-bond acceptors (Lipinski definition) is 6. The highest BCUT2D eigenvalue weighted by atomic mass is 16.5. The van der Waals surface area contributed by atoms with Crippen LogP contribution in [0.3, 0.4) is 0 Å². The molecule has 0 aliphatic rings. The van der Waals surface area contributed by atoms with Crippen LogP contribution in [0, 0.1) is 0 Å². The van der Waals surface area contributed by atoms with E-state index in [1.54, 1.807) is 19.2 Å². The van der Waals surface area contributed by atoms with Gasteiger partial charge in [0, 0.05) is 6.54 Å². The molecule has 0 unspecified atom stereocenters. The number of anilines is 1. The number of hydrogen-bond donors (Lipinski definition) is 2. The van der Waals surface area contributed by atoms with Crippen molar-refractivity contribution in [2.45, 2.75) is 6.42 Å². The number of carbonyl (C=O) groups is 1. The Morgan fingerprint density at radius 3 is 2.34 bits per heavy atom. The lowest BCUT2D eigenvalue weighted by Crippen LogP contribution is -2.29. The molecule has 0 aliphatic heterocycles. The van der Waals surface area contributed by atoms with Gasteiger partial charge in [-0.15, -0.1) is 10.2 Å². The standard InChI is InChI=1S/C22H24N4O3/c1-28-18-7-9-19(10-8-18)29-16-15-24-22(27)20-11-12-21(26-25-20)23-14-13-17-5-3-2-4-6-17/h2-12H,13-16H2,1H3,(H,23,26)(H,24,27). The van der Waals surface area contributed by atoms with Crippen LogP contribution in [0.15, 0.2) is 66.7 Å². The van der Waals surface area contributed by atoms with Gasteiger partial charge in [-0.25, -0.2) is 0 Å². The zero-order valence-electron chi connectivity index (χ0n) is 16.3. The second kappa shape index (κ2) is 10.7. The summed E-state index contributed by atoms with van der Waals surface area (Å²) < 4.78 is 10.7. The summed E-state index contributed by atoms with van der Waals surface area (Å²) in [6.45, 7) is 1.46. The summed E-state index contributed by atoms with van der Waals surface area (Å²) in [6.07, 6.45) is 0.888. The quantitative estimate of drug-likeness (QED) is 0.516. The van der Waals surface area contributed by atoms with Crippen molar-refractivity contribution < 1.29 is 14.3 Å². The van der Waals surface area contributed by atoms with Gasteiger partial charge in [0.1, 0.15) is 23.9 Å². The van der Waals surface area contributed by atoms with Crippen LogP contribution in [0.25, 0.3) is 0 Å². The van der Waals surface area contributed by atoms with Gasteiger partial charge in [0.25, 0.3) is 5.91 Å². The Kier molecular flexibility index (Phi) is 7.40.